The number of rotatable bonds is 6. The van der Waals surface area contributed by atoms with E-state index in [0.29, 0.717) is 36.0 Å². The number of nitrogens with zero attached hydrogens (tertiary/aromatic N) is 2. The van der Waals surface area contributed by atoms with Gasteiger partial charge in [0, 0.05) is 31.5 Å². The van der Waals surface area contributed by atoms with Gasteiger partial charge in [-0.3, -0.25) is 9.59 Å². The molecule has 6 heteroatoms. The number of nitrogens with one attached hydrogen (secondary N) is 1. The third-order valence-electron chi connectivity index (χ3n) is 5.72. The van der Waals surface area contributed by atoms with Crippen molar-refractivity contribution in [3.63, 3.8) is 0 Å². The lowest BCUT2D eigenvalue weighted by Crippen LogP contribution is -2.29. The van der Waals surface area contributed by atoms with Gasteiger partial charge in [-0.25, -0.2) is 0 Å². The summed E-state index contributed by atoms with van der Waals surface area (Å²) in [5.74, 6) is 0.479. The molecule has 31 heavy (non-hydrogen) atoms. The van der Waals surface area contributed by atoms with Crippen LogP contribution in [-0.4, -0.2) is 36.9 Å². The molecule has 1 aromatic heterocycles. The third kappa shape index (κ3) is 4.48. The minimum atomic E-state index is -0.207. The van der Waals surface area contributed by atoms with Gasteiger partial charge in [-0.15, -0.1) is 0 Å². The third-order valence-corrected chi connectivity index (χ3v) is 5.72. The van der Waals surface area contributed by atoms with E-state index in [2.05, 4.69) is 35.3 Å². The Kier molecular flexibility index (Phi) is 5.80. The van der Waals surface area contributed by atoms with Crippen LogP contribution in [0, 0.1) is 0 Å². The smallest absolute Gasteiger partial charge is 0.259 e. The van der Waals surface area contributed by atoms with Gasteiger partial charge in [0.1, 0.15) is 5.76 Å². The highest BCUT2D eigenvalue weighted by atomic mass is 16.3. The molecular formula is C25H27N3O3. The Balaban J connectivity index is 1.44. The maximum Gasteiger partial charge on any atom is 0.259 e. The lowest BCUT2D eigenvalue weighted by atomic mass is 10.1. The van der Waals surface area contributed by atoms with Crippen LogP contribution in [0.1, 0.15) is 34.2 Å². The van der Waals surface area contributed by atoms with Crippen molar-refractivity contribution in [1.29, 1.82) is 0 Å². The van der Waals surface area contributed by atoms with Crippen molar-refractivity contribution in [3.8, 4) is 0 Å². The number of furan rings is 1. The van der Waals surface area contributed by atoms with Crippen LogP contribution in [0.15, 0.2) is 65.3 Å². The summed E-state index contributed by atoms with van der Waals surface area (Å²) in [6.45, 7) is 2.73. The standard InChI is InChI=1S/C25H27N3O3/c1-17-14-19-6-4-5-7-22(19)28(17)16-23-21(12-13-31-23)25(30)26-20-10-8-18(9-11-20)15-24(29)27(2)3/h4-13,17H,14-16H2,1-3H3,(H,26,30). The molecule has 2 amide bonds. The molecule has 0 radical (unpaired) electrons. The number of benzene rings is 2. The first kappa shape index (κ1) is 20.7. The molecule has 1 unspecified atom stereocenters. The first-order valence-electron chi connectivity index (χ1n) is 10.4. The van der Waals surface area contributed by atoms with E-state index in [9.17, 15) is 9.59 Å². The van der Waals surface area contributed by atoms with Gasteiger partial charge in [-0.2, -0.15) is 0 Å². The second-order valence-corrected chi connectivity index (χ2v) is 8.18. The average Bonchev–Trinajstić information content (AvgIpc) is 3.34. The van der Waals surface area contributed by atoms with Gasteiger partial charge in [-0.1, -0.05) is 30.3 Å². The van der Waals surface area contributed by atoms with E-state index in [4.69, 9.17) is 4.42 Å². The van der Waals surface area contributed by atoms with E-state index >= 15 is 0 Å². The van der Waals surface area contributed by atoms with Crippen LogP contribution in [0.2, 0.25) is 0 Å². The predicted molar refractivity (Wildman–Crippen MR) is 121 cm³/mol. The molecule has 6 nitrogen and oxygen atoms in total. The maximum atomic E-state index is 12.9. The molecule has 160 valence electrons. The second kappa shape index (κ2) is 8.68. The molecule has 0 fully saturated rings. The van der Waals surface area contributed by atoms with Crippen molar-refractivity contribution in [3.05, 3.63) is 83.3 Å². The molecule has 4 rings (SSSR count). The zero-order valence-electron chi connectivity index (χ0n) is 18.1. The molecule has 2 heterocycles. The van der Waals surface area contributed by atoms with Gasteiger partial charge in [0.2, 0.25) is 5.91 Å². The Morgan fingerprint density at radius 1 is 1.10 bits per heavy atom. The summed E-state index contributed by atoms with van der Waals surface area (Å²) in [6.07, 6.45) is 2.89. The normalized spacial score (nSPS) is 14.9. The Morgan fingerprint density at radius 2 is 1.84 bits per heavy atom. The summed E-state index contributed by atoms with van der Waals surface area (Å²) in [4.78, 5) is 28.6. The number of para-hydroxylation sites is 1. The molecule has 1 N–H and O–H groups in total. The van der Waals surface area contributed by atoms with Crippen molar-refractivity contribution in [2.24, 2.45) is 0 Å². The molecular weight excluding hydrogens is 390 g/mol. The average molecular weight is 418 g/mol. The van der Waals surface area contributed by atoms with Gasteiger partial charge in [0.25, 0.3) is 5.91 Å². The van der Waals surface area contributed by atoms with E-state index < -0.39 is 0 Å². The Labute approximate surface area is 182 Å². The fourth-order valence-electron chi connectivity index (χ4n) is 3.93. The van der Waals surface area contributed by atoms with Crippen LogP contribution in [0.25, 0.3) is 0 Å². The van der Waals surface area contributed by atoms with Crippen LogP contribution in [0.3, 0.4) is 0 Å². The molecule has 1 atom stereocenters. The van der Waals surface area contributed by atoms with Crippen molar-refractivity contribution >= 4 is 23.2 Å². The predicted octanol–water partition coefficient (Wildman–Crippen LogP) is 4.11. The fourth-order valence-corrected chi connectivity index (χ4v) is 3.93. The highest BCUT2D eigenvalue weighted by Gasteiger charge is 2.28. The quantitative estimate of drug-likeness (QED) is 0.655. The van der Waals surface area contributed by atoms with Crippen LogP contribution < -0.4 is 10.2 Å². The van der Waals surface area contributed by atoms with E-state index in [1.165, 1.54) is 11.3 Å². The van der Waals surface area contributed by atoms with Crippen molar-refractivity contribution in [2.45, 2.75) is 32.4 Å². The minimum Gasteiger partial charge on any atom is -0.467 e. The lowest BCUT2D eigenvalue weighted by molar-refractivity contribution is -0.127. The minimum absolute atomic E-state index is 0.0394. The Bertz CT molecular complexity index is 1090. The zero-order chi connectivity index (χ0) is 22.0. The maximum absolute atomic E-state index is 12.9. The summed E-state index contributed by atoms with van der Waals surface area (Å²) in [6, 6.07) is 17.8. The largest absolute Gasteiger partial charge is 0.467 e. The van der Waals surface area contributed by atoms with Gasteiger partial charge >= 0.3 is 0 Å². The van der Waals surface area contributed by atoms with E-state index in [1.54, 1.807) is 31.3 Å². The Morgan fingerprint density at radius 3 is 2.58 bits per heavy atom. The SMILES string of the molecule is CC1Cc2ccccc2N1Cc1occc1C(=O)Nc1ccc(CC(=O)N(C)C)cc1. The van der Waals surface area contributed by atoms with Gasteiger partial charge in [0.15, 0.2) is 0 Å². The summed E-state index contributed by atoms with van der Waals surface area (Å²) < 4.78 is 5.69. The number of anilines is 2. The number of amides is 2. The van der Waals surface area contributed by atoms with E-state index in [1.807, 2.05) is 30.3 Å². The fraction of sp³-hybridized carbons (Fsp3) is 0.280. The number of fused-ring (bicyclic) bond motifs is 1. The highest BCUT2D eigenvalue weighted by Crippen LogP contribution is 2.33. The monoisotopic (exact) mass is 417 g/mol. The van der Waals surface area contributed by atoms with Crippen molar-refractivity contribution in [2.75, 3.05) is 24.3 Å². The summed E-state index contributed by atoms with van der Waals surface area (Å²) in [7, 11) is 3.47. The Hall–Kier alpha value is -3.54. The second-order valence-electron chi connectivity index (χ2n) is 8.18. The molecule has 1 aliphatic rings. The van der Waals surface area contributed by atoms with Gasteiger partial charge < -0.3 is 19.5 Å². The van der Waals surface area contributed by atoms with Gasteiger partial charge in [0.05, 0.1) is 24.8 Å². The van der Waals surface area contributed by atoms with Crippen LogP contribution in [0.5, 0.6) is 0 Å². The number of likely N-dealkylation sites (N-methyl/N-ethyl adjacent to an activating group) is 1. The molecule has 3 aromatic rings. The summed E-state index contributed by atoms with van der Waals surface area (Å²) >= 11 is 0. The summed E-state index contributed by atoms with van der Waals surface area (Å²) in [5, 5.41) is 2.93. The van der Waals surface area contributed by atoms with Crippen LogP contribution >= 0.6 is 0 Å². The van der Waals surface area contributed by atoms with E-state index in [0.717, 1.165) is 12.0 Å². The topological polar surface area (TPSA) is 65.8 Å². The molecule has 2 aromatic carbocycles. The molecule has 0 bridgehead atoms. The lowest BCUT2D eigenvalue weighted by Gasteiger charge is -2.24. The molecule has 1 aliphatic heterocycles. The number of hydrogen-bond acceptors (Lipinski definition) is 4. The number of hydrogen-bond donors (Lipinski definition) is 1. The first-order chi connectivity index (χ1) is 14.9. The molecule has 0 saturated heterocycles. The first-order valence-corrected chi connectivity index (χ1v) is 10.4. The molecule has 0 saturated carbocycles. The molecule has 0 aliphatic carbocycles. The molecule has 0 spiro atoms. The van der Waals surface area contributed by atoms with Crippen LogP contribution in [-0.2, 0) is 24.2 Å². The van der Waals surface area contributed by atoms with Gasteiger partial charge in [-0.05, 0) is 48.7 Å². The summed E-state index contributed by atoms with van der Waals surface area (Å²) in [5.41, 5.74) is 4.63. The van der Waals surface area contributed by atoms with Crippen molar-refractivity contribution < 1.29 is 14.0 Å². The number of carbonyl (C=O) groups is 2. The van der Waals surface area contributed by atoms with E-state index in [-0.39, 0.29) is 11.8 Å². The van der Waals surface area contributed by atoms with Crippen molar-refractivity contribution in [1.82, 2.24) is 4.90 Å². The zero-order valence-corrected chi connectivity index (χ0v) is 18.1. The number of carbonyl (C=O) groups excluding carboxylic acids is 2. The highest BCUT2D eigenvalue weighted by molar-refractivity contribution is 6.05. The van der Waals surface area contributed by atoms with Crippen LogP contribution in [0.4, 0.5) is 11.4 Å².